The molecular formula is C16H14BrN5O. The summed E-state index contributed by atoms with van der Waals surface area (Å²) in [4.78, 5) is 11.1. The molecular weight excluding hydrogens is 358 g/mol. The molecule has 116 valence electrons. The SMILES string of the molecule is COc1ccc(CN2Cn3ncnc3-c3cc(Br)cnc32)cc1. The lowest BCUT2D eigenvalue weighted by Gasteiger charge is -2.30. The third kappa shape index (κ3) is 2.57. The molecule has 4 rings (SSSR count). The van der Waals surface area contributed by atoms with Crippen LogP contribution in [0.4, 0.5) is 5.82 Å². The quantitative estimate of drug-likeness (QED) is 0.707. The van der Waals surface area contributed by atoms with Crippen LogP contribution in [0.1, 0.15) is 5.56 Å². The van der Waals surface area contributed by atoms with E-state index in [-0.39, 0.29) is 0 Å². The van der Waals surface area contributed by atoms with E-state index < -0.39 is 0 Å². The lowest BCUT2D eigenvalue weighted by atomic mass is 10.1. The van der Waals surface area contributed by atoms with Gasteiger partial charge < -0.3 is 9.64 Å². The van der Waals surface area contributed by atoms with Gasteiger partial charge in [0.2, 0.25) is 0 Å². The van der Waals surface area contributed by atoms with Gasteiger partial charge in [-0.15, -0.1) is 0 Å². The van der Waals surface area contributed by atoms with E-state index in [0.29, 0.717) is 6.67 Å². The van der Waals surface area contributed by atoms with E-state index in [1.54, 1.807) is 13.4 Å². The van der Waals surface area contributed by atoms with Crippen molar-refractivity contribution in [2.45, 2.75) is 13.2 Å². The molecule has 0 unspecified atom stereocenters. The van der Waals surface area contributed by atoms with E-state index in [0.717, 1.165) is 34.0 Å². The van der Waals surface area contributed by atoms with Crippen molar-refractivity contribution >= 4 is 21.7 Å². The molecule has 0 amide bonds. The van der Waals surface area contributed by atoms with Crippen molar-refractivity contribution in [2.75, 3.05) is 12.0 Å². The lowest BCUT2D eigenvalue weighted by molar-refractivity contribution is 0.414. The first-order chi connectivity index (χ1) is 11.2. The molecule has 0 fully saturated rings. The Morgan fingerprint density at radius 2 is 2.04 bits per heavy atom. The first-order valence-corrected chi connectivity index (χ1v) is 7.95. The maximum Gasteiger partial charge on any atom is 0.163 e. The van der Waals surface area contributed by atoms with Gasteiger partial charge in [-0.05, 0) is 39.7 Å². The molecule has 0 bridgehead atoms. The smallest absolute Gasteiger partial charge is 0.163 e. The first kappa shape index (κ1) is 14.2. The molecule has 1 aliphatic rings. The van der Waals surface area contributed by atoms with E-state index in [1.165, 1.54) is 5.56 Å². The molecule has 0 atom stereocenters. The Morgan fingerprint density at radius 3 is 2.83 bits per heavy atom. The Hall–Kier alpha value is -2.41. The Labute approximate surface area is 141 Å². The molecule has 0 radical (unpaired) electrons. The van der Waals surface area contributed by atoms with Gasteiger partial charge in [-0.2, -0.15) is 5.10 Å². The third-order valence-electron chi connectivity index (χ3n) is 3.83. The number of pyridine rings is 1. The highest BCUT2D eigenvalue weighted by molar-refractivity contribution is 9.10. The van der Waals surface area contributed by atoms with Crippen LogP contribution >= 0.6 is 15.9 Å². The summed E-state index contributed by atoms with van der Waals surface area (Å²) in [5.74, 6) is 2.62. The molecule has 3 heterocycles. The molecule has 6 nitrogen and oxygen atoms in total. The van der Waals surface area contributed by atoms with Crippen molar-refractivity contribution in [2.24, 2.45) is 0 Å². The standard InChI is InChI=1S/C16H14BrN5O/c1-23-13-4-2-11(3-5-13)8-21-10-22-16(19-9-20-22)14-6-12(17)7-18-15(14)21/h2-7,9H,8,10H2,1H3. The van der Waals surface area contributed by atoms with Crippen LogP contribution in [0.25, 0.3) is 11.4 Å². The van der Waals surface area contributed by atoms with Gasteiger partial charge in [-0.3, -0.25) is 0 Å². The second kappa shape index (κ2) is 5.66. The predicted molar refractivity (Wildman–Crippen MR) is 90.1 cm³/mol. The average molecular weight is 372 g/mol. The Bertz CT molecular complexity index is 846. The molecule has 3 aromatic rings. The Kier molecular flexibility index (Phi) is 3.49. The minimum atomic E-state index is 0.628. The summed E-state index contributed by atoms with van der Waals surface area (Å²) in [5.41, 5.74) is 2.17. The normalized spacial score (nSPS) is 12.7. The predicted octanol–water partition coefficient (Wildman–Crippen LogP) is 3.09. The second-order valence-corrected chi connectivity index (χ2v) is 6.21. The minimum Gasteiger partial charge on any atom is -0.497 e. The van der Waals surface area contributed by atoms with Crippen LogP contribution < -0.4 is 9.64 Å². The monoisotopic (exact) mass is 371 g/mol. The fourth-order valence-electron chi connectivity index (χ4n) is 2.73. The zero-order valence-corrected chi connectivity index (χ0v) is 14.1. The molecule has 1 aromatic carbocycles. The fourth-order valence-corrected chi connectivity index (χ4v) is 3.06. The van der Waals surface area contributed by atoms with Crippen LogP contribution in [0.5, 0.6) is 5.75 Å². The first-order valence-electron chi connectivity index (χ1n) is 7.16. The second-order valence-electron chi connectivity index (χ2n) is 5.30. The van der Waals surface area contributed by atoms with Crippen LogP contribution in [0.2, 0.25) is 0 Å². The summed E-state index contributed by atoms with van der Waals surface area (Å²) >= 11 is 3.48. The van der Waals surface area contributed by atoms with E-state index in [2.05, 4.69) is 48.0 Å². The van der Waals surface area contributed by atoms with Crippen molar-refractivity contribution in [3.05, 3.63) is 52.9 Å². The zero-order valence-electron chi connectivity index (χ0n) is 12.5. The van der Waals surface area contributed by atoms with Crippen LogP contribution in [0.15, 0.2) is 47.3 Å². The van der Waals surface area contributed by atoms with Crippen molar-refractivity contribution < 1.29 is 4.74 Å². The molecule has 7 heteroatoms. The minimum absolute atomic E-state index is 0.628. The summed E-state index contributed by atoms with van der Waals surface area (Å²) in [7, 11) is 1.67. The number of fused-ring (bicyclic) bond motifs is 3. The van der Waals surface area contributed by atoms with Crippen molar-refractivity contribution in [1.82, 2.24) is 19.7 Å². The van der Waals surface area contributed by atoms with Crippen molar-refractivity contribution in [3.63, 3.8) is 0 Å². The van der Waals surface area contributed by atoms with E-state index in [1.807, 2.05) is 29.1 Å². The third-order valence-corrected chi connectivity index (χ3v) is 4.26. The number of nitrogens with zero attached hydrogens (tertiary/aromatic N) is 5. The van der Waals surface area contributed by atoms with Crippen LogP contribution in [0, 0.1) is 0 Å². The van der Waals surface area contributed by atoms with Crippen LogP contribution in [-0.4, -0.2) is 26.9 Å². The average Bonchev–Trinajstić information content (AvgIpc) is 3.04. The van der Waals surface area contributed by atoms with Gasteiger partial charge in [0.05, 0.1) is 12.7 Å². The van der Waals surface area contributed by atoms with Gasteiger partial charge >= 0.3 is 0 Å². The Morgan fingerprint density at radius 1 is 1.22 bits per heavy atom. The highest BCUT2D eigenvalue weighted by atomic mass is 79.9. The molecule has 23 heavy (non-hydrogen) atoms. The highest BCUT2D eigenvalue weighted by Gasteiger charge is 2.25. The number of hydrogen-bond acceptors (Lipinski definition) is 5. The lowest BCUT2D eigenvalue weighted by Crippen LogP contribution is -2.31. The number of anilines is 1. The van der Waals surface area contributed by atoms with Crippen molar-refractivity contribution in [1.29, 1.82) is 0 Å². The summed E-state index contributed by atoms with van der Waals surface area (Å²) in [6.07, 6.45) is 3.39. The van der Waals surface area contributed by atoms with Gasteiger partial charge in [0.15, 0.2) is 5.82 Å². The summed E-state index contributed by atoms with van der Waals surface area (Å²) < 4.78 is 8.03. The van der Waals surface area contributed by atoms with E-state index in [9.17, 15) is 0 Å². The number of rotatable bonds is 3. The molecule has 0 spiro atoms. The summed E-state index contributed by atoms with van der Waals surface area (Å²) in [6.45, 7) is 1.37. The maximum absolute atomic E-state index is 5.21. The van der Waals surface area contributed by atoms with Crippen molar-refractivity contribution in [3.8, 4) is 17.1 Å². The molecule has 2 aromatic heterocycles. The molecule has 0 saturated heterocycles. The number of aromatic nitrogens is 4. The van der Waals surface area contributed by atoms with Gasteiger partial charge in [0.25, 0.3) is 0 Å². The van der Waals surface area contributed by atoms with Gasteiger partial charge in [-0.25, -0.2) is 14.6 Å². The largest absolute Gasteiger partial charge is 0.497 e. The van der Waals surface area contributed by atoms with Crippen LogP contribution in [-0.2, 0) is 13.2 Å². The number of benzene rings is 1. The molecule has 0 N–H and O–H groups in total. The topological polar surface area (TPSA) is 56.1 Å². The van der Waals surface area contributed by atoms with Gasteiger partial charge in [0, 0.05) is 17.2 Å². The summed E-state index contributed by atoms with van der Waals surface area (Å²) in [5, 5.41) is 4.31. The number of hydrogen-bond donors (Lipinski definition) is 0. The fraction of sp³-hybridized carbons (Fsp3) is 0.188. The number of halogens is 1. The highest BCUT2D eigenvalue weighted by Crippen LogP contribution is 2.34. The summed E-state index contributed by atoms with van der Waals surface area (Å²) in [6, 6.07) is 10.1. The van der Waals surface area contributed by atoms with E-state index >= 15 is 0 Å². The molecule has 0 aliphatic carbocycles. The zero-order chi connectivity index (χ0) is 15.8. The molecule has 1 aliphatic heterocycles. The van der Waals surface area contributed by atoms with Gasteiger partial charge in [-0.1, -0.05) is 12.1 Å². The Balaban J connectivity index is 1.70. The number of methoxy groups -OCH3 is 1. The van der Waals surface area contributed by atoms with Gasteiger partial charge in [0.1, 0.15) is 24.6 Å². The van der Waals surface area contributed by atoms with E-state index in [4.69, 9.17) is 4.74 Å². The molecule has 0 saturated carbocycles. The number of ether oxygens (including phenoxy) is 1. The van der Waals surface area contributed by atoms with Crippen LogP contribution in [0.3, 0.4) is 0 Å². The maximum atomic E-state index is 5.21.